The van der Waals surface area contributed by atoms with Gasteiger partial charge in [-0.15, -0.1) is 6.42 Å². The van der Waals surface area contributed by atoms with Crippen LogP contribution in [-0.4, -0.2) is 0 Å². The van der Waals surface area contributed by atoms with Gasteiger partial charge < -0.3 is 0 Å². The van der Waals surface area contributed by atoms with Crippen LogP contribution in [0, 0.1) is 19.3 Å². The van der Waals surface area contributed by atoms with Gasteiger partial charge in [-0.1, -0.05) is 5.92 Å². The van der Waals surface area contributed by atoms with Crippen molar-refractivity contribution in [1.82, 2.24) is 0 Å². The van der Waals surface area contributed by atoms with E-state index in [4.69, 9.17) is 6.42 Å². The molecule has 1 aromatic rings. The van der Waals surface area contributed by atoms with E-state index < -0.39 is 11.7 Å². The molecule has 0 unspecified atom stereocenters. The molecule has 3 heteroatoms. The van der Waals surface area contributed by atoms with E-state index in [0.29, 0.717) is 5.56 Å². The Kier molecular flexibility index (Phi) is 2.33. The van der Waals surface area contributed by atoms with Gasteiger partial charge in [0.2, 0.25) is 0 Å². The fraction of sp³-hybridized carbons (Fsp3) is 0.200. The van der Waals surface area contributed by atoms with E-state index in [1.807, 2.05) is 0 Å². The molecule has 0 aliphatic carbocycles. The summed E-state index contributed by atoms with van der Waals surface area (Å²) in [6, 6.07) is 3.57. The first kappa shape index (κ1) is 9.66. The van der Waals surface area contributed by atoms with E-state index in [-0.39, 0.29) is 5.56 Å². The van der Waals surface area contributed by atoms with Crippen LogP contribution in [0.2, 0.25) is 0 Å². The normalized spacial score (nSPS) is 11.0. The van der Waals surface area contributed by atoms with Gasteiger partial charge in [-0.25, -0.2) is 0 Å². The molecule has 0 aliphatic rings. The predicted molar refractivity (Wildman–Crippen MR) is 44.1 cm³/mol. The van der Waals surface area contributed by atoms with E-state index in [1.165, 1.54) is 6.07 Å². The Balaban J connectivity index is 3.26. The number of alkyl halides is 3. The Morgan fingerprint density at radius 1 is 1.23 bits per heavy atom. The lowest BCUT2D eigenvalue weighted by molar-refractivity contribution is -0.137. The van der Waals surface area contributed by atoms with Crippen molar-refractivity contribution in [3.63, 3.8) is 0 Å². The molecular formula is C10H7F3. The van der Waals surface area contributed by atoms with Gasteiger partial charge >= 0.3 is 6.18 Å². The average Bonchev–Trinajstić information content (AvgIpc) is 2.01. The highest BCUT2D eigenvalue weighted by molar-refractivity contribution is 5.39. The van der Waals surface area contributed by atoms with Crippen molar-refractivity contribution in [2.45, 2.75) is 13.1 Å². The Labute approximate surface area is 74.4 Å². The minimum absolute atomic E-state index is 0.257. The van der Waals surface area contributed by atoms with E-state index in [2.05, 4.69) is 5.92 Å². The van der Waals surface area contributed by atoms with Crippen LogP contribution < -0.4 is 0 Å². The van der Waals surface area contributed by atoms with Crippen molar-refractivity contribution < 1.29 is 13.2 Å². The SMILES string of the molecule is C#Cc1cc(C)cc(C(F)(F)F)c1. The summed E-state index contributed by atoms with van der Waals surface area (Å²) in [5, 5.41) is 0. The topological polar surface area (TPSA) is 0 Å². The van der Waals surface area contributed by atoms with Crippen molar-refractivity contribution in [2.24, 2.45) is 0 Å². The molecule has 0 saturated carbocycles. The van der Waals surface area contributed by atoms with E-state index in [1.54, 1.807) is 6.92 Å². The molecule has 0 saturated heterocycles. The average molecular weight is 184 g/mol. The summed E-state index contributed by atoms with van der Waals surface area (Å²) < 4.78 is 36.6. The molecule has 1 rings (SSSR count). The second-order valence-corrected chi connectivity index (χ2v) is 2.73. The zero-order chi connectivity index (χ0) is 10.1. The molecule has 0 bridgehead atoms. The third kappa shape index (κ3) is 2.25. The Morgan fingerprint density at radius 3 is 2.31 bits per heavy atom. The fourth-order valence-electron chi connectivity index (χ4n) is 1.03. The number of rotatable bonds is 0. The Morgan fingerprint density at radius 2 is 1.85 bits per heavy atom. The maximum atomic E-state index is 12.2. The summed E-state index contributed by atoms with van der Waals surface area (Å²) >= 11 is 0. The first-order chi connectivity index (χ1) is 5.93. The van der Waals surface area contributed by atoms with E-state index in [9.17, 15) is 13.2 Å². The number of hydrogen-bond donors (Lipinski definition) is 0. The number of benzene rings is 1. The van der Waals surface area contributed by atoms with Gasteiger partial charge in [-0.3, -0.25) is 0 Å². The molecule has 0 aromatic heterocycles. The van der Waals surface area contributed by atoms with Gasteiger partial charge in [0.25, 0.3) is 0 Å². The standard InChI is InChI=1S/C10H7F3/c1-3-8-4-7(2)5-9(6-8)10(11,12)13/h1,4-6H,2H3. The monoisotopic (exact) mass is 184 g/mol. The minimum Gasteiger partial charge on any atom is -0.166 e. The highest BCUT2D eigenvalue weighted by Crippen LogP contribution is 2.30. The van der Waals surface area contributed by atoms with Crippen molar-refractivity contribution >= 4 is 0 Å². The molecule has 13 heavy (non-hydrogen) atoms. The number of hydrogen-bond acceptors (Lipinski definition) is 0. The molecule has 0 aliphatic heterocycles. The van der Waals surface area contributed by atoms with Crippen molar-refractivity contribution in [2.75, 3.05) is 0 Å². The van der Waals surface area contributed by atoms with Crippen LogP contribution in [0.3, 0.4) is 0 Å². The zero-order valence-electron chi connectivity index (χ0n) is 6.94. The quantitative estimate of drug-likeness (QED) is 0.544. The molecule has 68 valence electrons. The number of aryl methyl sites for hydroxylation is 1. The van der Waals surface area contributed by atoms with Crippen LogP contribution in [0.4, 0.5) is 13.2 Å². The van der Waals surface area contributed by atoms with E-state index in [0.717, 1.165) is 12.1 Å². The molecule has 0 heterocycles. The Bertz CT molecular complexity index is 355. The number of terminal acetylenes is 1. The molecule has 0 spiro atoms. The molecule has 0 atom stereocenters. The molecule has 0 nitrogen and oxygen atoms in total. The summed E-state index contributed by atoms with van der Waals surface area (Å²) in [6.07, 6.45) is 0.692. The van der Waals surface area contributed by atoms with E-state index >= 15 is 0 Å². The third-order valence-electron chi connectivity index (χ3n) is 1.57. The first-order valence-electron chi connectivity index (χ1n) is 3.59. The van der Waals surface area contributed by atoms with Crippen LogP contribution in [0.1, 0.15) is 16.7 Å². The highest BCUT2D eigenvalue weighted by atomic mass is 19.4. The Hall–Kier alpha value is -1.43. The summed E-state index contributed by atoms with van der Waals surface area (Å²) in [7, 11) is 0. The zero-order valence-corrected chi connectivity index (χ0v) is 6.94. The van der Waals surface area contributed by atoms with Crippen LogP contribution in [-0.2, 0) is 6.18 Å². The lowest BCUT2D eigenvalue weighted by Crippen LogP contribution is -2.05. The molecule has 1 aromatic carbocycles. The highest BCUT2D eigenvalue weighted by Gasteiger charge is 2.30. The molecule has 0 amide bonds. The van der Waals surface area contributed by atoms with Gasteiger partial charge in [-0.05, 0) is 30.7 Å². The lowest BCUT2D eigenvalue weighted by Gasteiger charge is -2.07. The molecule has 0 N–H and O–H groups in total. The summed E-state index contributed by atoms with van der Waals surface area (Å²) in [5.41, 5.74) is 0.0792. The molecular weight excluding hydrogens is 177 g/mol. The first-order valence-corrected chi connectivity index (χ1v) is 3.59. The number of halogens is 3. The predicted octanol–water partition coefficient (Wildman–Crippen LogP) is 3.00. The van der Waals surface area contributed by atoms with Crippen LogP contribution >= 0.6 is 0 Å². The van der Waals surface area contributed by atoms with Crippen LogP contribution in [0.25, 0.3) is 0 Å². The second kappa shape index (κ2) is 3.14. The summed E-state index contributed by atoms with van der Waals surface area (Å²) in [6.45, 7) is 1.58. The smallest absolute Gasteiger partial charge is 0.166 e. The van der Waals surface area contributed by atoms with Crippen molar-refractivity contribution in [3.8, 4) is 12.3 Å². The van der Waals surface area contributed by atoms with Gasteiger partial charge in [0.15, 0.2) is 0 Å². The van der Waals surface area contributed by atoms with Gasteiger partial charge in [0, 0.05) is 5.56 Å². The lowest BCUT2D eigenvalue weighted by atomic mass is 10.1. The minimum atomic E-state index is -4.32. The van der Waals surface area contributed by atoms with Crippen molar-refractivity contribution in [3.05, 3.63) is 34.9 Å². The van der Waals surface area contributed by atoms with Gasteiger partial charge in [0.05, 0.1) is 5.56 Å². The second-order valence-electron chi connectivity index (χ2n) is 2.73. The largest absolute Gasteiger partial charge is 0.416 e. The summed E-state index contributed by atoms with van der Waals surface area (Å²) in [4.78, 5) is 0. The van der Waals surface area contributed by atoms with Crippen molar-refractivity contribution in [1.29, 1.82) is 0 Å². The van der Waals surface area contributed by atoms with Crippen LogP contribution in [0.5, 0.6) is 0 Å². The van der Waals surface area contributed by atoms with Gasteiger partial charge in [0.1, 0.15) is 0 Å². The molecule has 0 radical (unpaired) electrons. The third-order valence-corrected chi connectivity index (χ3v) is 1.57. The van der Waals surface area contributed by atoms with Crippen LogP contribution in [0.15, 0.2) is 18.2 Å². The van der Waals surface area contributed by atoms with Gasteiger partial charge in [-0.2, -0.15) is 13.2 Å². The fourth-order valence-corrected chi connectivity index (χ4v) is 1.03. The summed E-state index contributed by atoms with van der Waals surface area (Å²) in [5.74, 6) is 2.18. The maximum Gasteiger partial charge on any atom is 0.416 e. The molecule has 0 fully saturated rings. The maximum absolute atomic E-state index is 12.2.